The number of hydrogen-bond donors (Lipinski definition) is 1. The van der Waals surface area contributed by atoms with Crippen molar-refractivity contribution in [2.24, 2.45) is 0 Å². The van der Waals surface area contributed by atoms with Gasteiger partial charge in [-0.2, -0.15) is 0 Å². The zero-order chi connectivity index (χ0) is 12.0. The van der Waals surface area contributed by atoms with E-state index < -0.39 is 9.84 Å². The Hall–Kier alpha value is -0.500. The summed E-state index contributed by atoms with van der Waals surface area (Å²) in [5, 5.41) is 5.67. The Labute approximate surface area is 99.8 Å². The third-order valence-electron chi connectivity index (χ3n) is 1.77. The molecule has 0 aliphatic heterocycles. The van der Waals surface area contributed by atoms with Crippen LogP contribution in [0.1, 0.15) is 10.7 Å². The fourth-order valence-corrected chi connectivity index (χ4v) is 3.12. The van der Waals surface area contributed by atoms with Crippen LogP contribution in [0, 0.1) is 0 Å². The number of aromatic nitrogens is 1. The number of hydrogen-bond acceptors (Lipinski definition) is 6. The maximum atomic E-state index is 11.0. The fourth-order valence-electron chi connectivity index (χ4n) is 1.11. The van der Waals surface area contributed by atoms with Crippen molar-refractivity contribution in [1.82, 2.24) is 10.3 Å². The molecule has 0 fully saturated rings. The van der Waals surface area contributed by atoms with E-state index in [2.05, 4.69) is 10.3 Å². The maximum absolute atomic E-state index is 11.0. The molecule has 0 bridgehead atoms. The molecule has 0 aliphatic rings. The fraction of sp³-hybridized carbons (Fsp3) is 0.667. The van der Waals surface area contributed by atoms with E-state index in [-0.39, 0.29) is 5.75 Å². The average molecular weight is 264 g/mol. The molecule has 92 valence electrons. The predicted molar refractivity (Wildman–Crippen MR) is 64.2 cm³/mol. The number of rotatable bonds is 7. The van der Waals surface area contributed by atoms with Gasteiger partial charge >= 0.3 is 0 Å². The van der Waals surface area contributed by atoms with Gasteiger partial charge in [-0.05, 0) is 0 Å². The molecular formula is C9H16N2O3S2. The smallest absolute Gasteiger partial charge is 0.153 e. The molecule has 0 aliphatic carbocycles. The molecule has 1 rings (SSSR count). The second-order valence-electron chi connectivity index (χ2n) is 3.47. The van der Waals surface area contributed by atoms with Crippen LogP contribution >= 0.6 is 11.3 Å². The van der Waals surface area contributed by atoms with Crippen molar-refractivity contribution in [3.63, 3.8) is 0 Å². The highest BCUT2D eigenvalue weighted by atomic mass is 32.2. The van der Waals surface area contributed by atoms with Crippen LogP contribution in [0.15, 0.2) is 5.38 Å². The van der Waals surface area contributed by atoms with Crippen molar-refractivity contribution in [3.05, 3.63) is 16.1 Å². The highest BCUT2D eigenvalue weighted by Crippen LogP contribution is 2.12. The Morgan fingerprint density at radius 1 is 1.56 bits per heavy atom. The van der Waals surface area contributed by atoms with Gasteiger partial charge in [0.15, 0.2) is 9.84 Å². The van der Waals surface area contributed by atoms with Gasteiger partial charge in [-0.3, -0.25) is 0 Å². The lowest BCUT2D eigenvalue weighted by atomic mass is 10.5. The topological polar surface area (TPSA) is 68.3 Å². The third-order valence-corrected chi connectivity index (χ3v) is 3.65. The van der Waals surface area contributed by atoms with Crippen LogP contribution in [0.5, 0.6) is 0 Å². The number of thiazole rings is 1. The van der Waals surface area contributed by atoms with E-state index in [1.165, 1.54) is 17.6 Å². The molecule has 1 heterocycles. The quantitative estimate of drug-likeness (QED) is 0.723. The van der Waals surface area contributed by atoms with Crippen LogP contribution in [-0.2, 0) is 26.9 Å². The number of sulfone groups is 1. The summed E-state index contributed by atoms with van der Waals surface area (Å²) in [5.74, 6) is 0.0235. The first-order chi connectivity index (χ1) is 7.51. The second kappa shape index (κ2) is 6.29. The SMILES string of the molecule is COCCNCc1csc(CS(C)(=O)=O)n1. The lowest BCUT2D eigenvalue weighted by molar-refractivity contribution is 0.199. The van der Waals surface area contributed by atoms with Crippen LogP contribution in [0.4, 0.5) is 0 Å². The highest BCUT2D eigenvalue weighted by Gasteiger charge is 2.08. The van der Waals surface area contributed by atoms with E-state index in [0.29, 0.717) is 18.2 Å². The Morgan fingerprint density at radius 3 is 2.94 bits per heavy atom. The molecule has 16 heavy (non-hydrogen) atoms. The molecule has 0 unspecified atom stereocenters. The first-order valence-electron chi connectivity index (χ1n) is 4.82. The summed E-state index contributed by atoms with van der Waals surface area (Å²) in [5.41, 5.74) is 0.875. The minimum absolute atomic E-state index is 0.0235. The molecule has 0 saturated carbocycles. The zero-order valence-electron chi connectivity index (χ0n) is 9.39. The predicted octanol–water partition coefficient (Wildman–Crippen LogP) is 0.424. The van der Waals surface area contributed by atoms with E-state index >= 15 is 0 Å². The van der Waals surface area contributed by atoms with Crippen molar-refractivity contribution in [2.45, 2.75) is 12.3 Å². The van der Waals surface area contributed by atoms with E-state index in [1.807, 2.05) is 5.38 Å². The molecule has 0 aromatic carbocycles. The summed E-state index contributed by atoms with van der Waals surface area (Å²) in [6.07, 6.45) is 1.21. The number of ether oxygens (including phenoxy) is 1. The Balaban J connectivity index is 2.40. The minimum Gasteiger partial charge on any atom is -0.383 e. The maximum Gasteiger partial charge on any atom is 0.153 e. The molecule has 0 amide bonds. The first kappa shape index (κ1) is 13.6. The molecular weight excluding hydrogens is 248 g/mol. The summed E-state index contributed by atoms with van der Waals surface area (Å²) < 4.78 is 27.0. The standard InChI is InChI=1S/C9H16N2O3S2/c1-14-4-3-10-5-8-6-15-9(11-8)7-16(2,12)13/h6,10H,3-5,7H2,1-2H3. The van der Waals surface area contributed by atoms with Gasteiger partial charge in [0.1, 0.15) is 10.8 Å². The van der Waals surface area contributed by atoms with Gasteiger partial charge in [0, 0.05) is 31.8 Å². The third kappa shape index (κ3) is 5.55. The van der Waals surface area contributed by atoms with E-state index in [4.69, 9.17) is 4.74 Å². The lowest BCUT2D eigenvalue weighted by Gasteiger charge is -2.00. The molecule has 1 aromatic heterocycles. The van der Waals surface area contributed by atoms with E-state index in [0.717, 1.165) is 12.2 Å². The molecule has 0 spiro atoms. The highest BCUT2D eigenvalue weighted by molar-refractivity contribution is 7.90. The van der Waals surface area contributed by atoms with Crippen molar-refractivity contribution >= 4 is 21.2 Å². The van der Waals surface area contributed by atoms with Gasteiger partial charge in [-0.1, -0.05) is 0 Å². The van der Waals surface area contributed by atoms with Crippen molar-refractivity contribution in [1.29, 1.82) is 0 Å². The summed E-state index contributed by atoms with van der Waals surface area (Å²) in [6.45, 7) is 2.05. The van der Waals surface area contributed by atoms with Gasteiger partial charge in [-0.15, -0.1) is 11.3 Å². The Kier molecular flexibility index (Phi) is 5.33. The first-order valence-corrected chi connectivity index (χ1v) is 7.76. The van der Waals surface area contributed by atoms with Crippen LogP contribution in [-0.4, -0.2) is 39.9 Å². The van der Waals surface area contributed by atoms with Crippen molar-refractivity contribution in [2.75, 3.05) is 26.5 Å². The van der Waals surface area contributed by atoms with Gasteiger partial charge < -0.3 is 10.1 Å². The molecule has 0 radical (unpaired) electrons. The monoisotopic (exact) mass is 264 g/mol. The molecule has 7 heteroatoms. The van der Waals surface area contributed by atoms with Crippen LogP contribution in [0.3, 0.4) is 0 Å². The van der Waals surface area contributed by atoms with Crippen LogP contribution < -0.4 is 5.32 Å². The molecule has 0 atom stereocenters. The number of methoxy groups -OCH3 is 1. The van der Waals surface area contributed by atoms with Crippen LogP contribution in [0.2, 0.25) is 0 Å². The van der Waals surface area contributed by atoms with Crippen molar-refractivity contribution in [3.8, 4) is 0 Å². The van der Waals surface area contributed by atoms with E-state index in [1.54, 1.807) is 7.11 Å². The van der Waals surface area contributed by atoms with Crippen LogP contribution in [0.25, 0.3) is 0 Å². The summed E-state index contributed by atoms with van der Waals surface area (Å²) in [6, 6.07) is 0. The molecule has 5 nitrogen and oxygen atoms in total. The molecule has 1 N–H and O–H groups in total. The Morgan fingerprint density at radius 2 is 2.31 bits per heavy atom. The zero-order valence-corrected chi connectivity index (χ0v) is 11.0. The largest absolute Gasteiger partial charge is 0.383 e. The normalized spacial score (nSPS) is 11.9. The van der Waals surface area contributed by atoms with Gasteiger partial charge in [-0.25, -0.2) is 13.4 Å². The molecule has 0 saturated heterocycles. The summed E-state index contributed by atoms with van der Waals surface area (Å²) in [4.78, 5) is 4.23. The van der Waals surface area contributed by atoms with Gasteiger partial charge in [0.2, 0.25) is 0 Å². The number of nitrogens with zero attached hydrogens (tertiary/aromatic N) is 1. The molecule has 1 aromatic rings. The average Bonchev–Trinajstić information content (AvgIpc) is 2.58. The summed E-state index contributed by atoms with van der Waals surface area (Å²) in [7, 11) is -1.34. The summed E-state index contributed by atoms with van der Waals surface area (Å²) >= 11 is 1.38. The lowest BCUT2D eigenvalue weighted by Crippen LogP contribution is -2.18. The van der Waals surface area contributed by atoms with Gasteiger partial charge in [0.25, 0.3) is 0 Å². The number of nitrogens with one attached hydrogen (secondary N) is 1. The minimum atomic E-state index is -2.99. The van der Waals surface area contributed by atoms with E-state index in [9.17, 15) is 8.42 Å². The second-order valence-corrected chi connectivity index (χ2v) is 6.56. The Bertz CT molecular complexity index is 414. The van der Waals surface area contributed by atoms with Gasteiger partial charge in [0.05, 0.1) is 12.3 Å². The van der Waals surface area contributed by atoms with Crippen molar-refractivity contribution < 1.29 is 13.2 Å².